The highest BCUT2D eigenvalue weighted by atomic mass is 35.5. The Bertz CT molecular complexity index is 1120. The molecule has 8 heteroatoms. The van der Waals surface area contributed by atoms with Crippen molar-refractivity contribution in [2.45, 2.75) is 6.54 Å². The molecule has 1 aliphatic rings. The maximum atomic E-state index is 12.4. The Labute approximate surface area is 192 Å². The van der Waals surface area contributed by atoms with E-state index in [9.17, 15) is 4.79 Å². The molecule has 1 aliphatic heterocycles. The number of carbonyl (C=O) groups is 1. The zero-order valence-corrected chi connectivity index (χ0v) is 18.6. The summed E-state index contributed by atoms with van der Waals surface area (Å²) in [5.41, 5.74) is 1.72. The van der Waals surface area contributed by atoms with Crippen LogP contribution in [0, 0.1) is 0 Å². The minimum absolute atomic E-state index is 0.121. The first-order chi connectivity index (χ1) is 13.9. The Morgan fingerprint density at radius 3 is 2.34 bits per heavy atom. The number of hydrogen-bond donors (Lipinski definition) is 0. The average molecular weight is 481 g/mol. The SMILES string of the molecule is O=C1S/C(=C\c2ccc(-c3cc(Cl)cc(Cl)c3)o2)C(=S)N1Cc1ccc(Cl)cc1. The quantitative estimate of drug-likeness (QED) is 0.280. The number of thioether (sulfide) groups is 1. The first-order valence-corrected chi connectivity index (χ1v) is 10.8. The van der Waals surface area contributed by atoms with Gasteiger partial charge in [-0.3, -0.25) is 9.69 Å². The van der Waals surface area contributed by atoms with Crippen molar-refractivity contribution >= 4 is 75.1 Å². The van der Waals surface area contributed by atoms with Crippen molar-refractivity contribution in [2.75, 3.05) is 0 Å². The highest BCUT2D eigenvalue weighted by Gasteiger charge is 2.32. The molecule has 1 amide bonds. The number of carbonyl (C=O) groups excluding carboxylic acids is 1. The van der Waals surface area contributed by atoms with Crippen LogP contribution in [0.2, 0.25) is 15.1 Å². The Morgan fingerprint density at radius 2 is 1.66 bits per heavy atom. The molecule has 3 aromatic rings. The summed E-state index contributed by atoms with van der Waals surface area (Å²) in [4.78, 5) is 15.1. The number of amides is 1. The monoisotopic (exact) mass is 479 g/mol. The highest BCUT2D eigenvalue weighted by Crippen LogP contribution is 2.36. The van der Waals surface area contributed by atoms with Crippen LogP contribution in [-0.2, 0) is 6.54 Å². The maximum absolute atomic E-state index is 12.4. The predicted octanol–water partition coefficient (Wildman–Crippen LogP) is 7.94. The molecule has 4 rings (SSSR count). The minimum atomic E-state index is -0.121. The van der Waals surface area contributed by atoms with Crippen LogP contribution in [0.3, 0.4) is 0 Å². The van der Waals surface area contributed by atoms with E-state index in [0.717, 1.165) is 22.9 Å². The van der Waals surface area contributed by atoms with E-state index in [1.165, 1.54) is 0 Å². The van der Waals surface area contributed by atoms with E-state index >= 15 is 0 Å². The molecule has 0 aliphatic carbocycles. The number of furan rings is 1. The number of halogens is 3. The number of hydrogen-bond acceptors (Lipinski definition) is 4. The largest absolute Gasteiger partial charge is 0.457 e. The summed E-state index contributed by atoms with van der Waals surface area (Å²) in [5, 5.41) is 1.58. The van der Waals surface area contributed by atoms with E-state index in [4.69, 9.17) is 51.4 Å². The zero-order valence-electron chi connectivity index (χ0n) is 14.7. The molecule has 2 heterocycles. The Kier molecular flexibility index (Phi) is 6.04. The van der Waals surface area contributed by atoms with Crippen molar-refractivity contribution in [3.05, 3.63) is 85.9 Å². The second-order valence-electron chi connectivity index (χ2n) is 6.25. The molecular formula is C21H12Cl3NO2S2. The number of nitrogens with zero attached hydrogens (tertiary/aromatic N) is 1. The lowest BCUT2D eigenvalue weighted by atomic mass is 10.2. The molecule has 0 radical (unpaired) electrons. The summed E-state index contributed by atoms with van der Waals surface area (Å²) in [6.07, 6.45) is 1.77. The summed E-state index contributed by atoms with van der Waals surface area (Å²) in [5.74, 6) is 1.21. The summed E-state index contributed by atoms with van der Waals surface area (Å²) < 4.78 is 5.88. The second-order valence-corrected chi connectivity index (χ2v) is 8.94. The van der Waals surface area contributed by atoms with Gasteiger partial charge in [-0.2, -0.15) is 0 Å². The smallest absolute Gasteiger partial charge is 0.291 e. The van der Waals surface area contributed by atoms with E-state index in [-0.39, 0.29) is 5.24 Å². The third kappa shape index (κ3) is 4.71. The van der Waals surface area contributed by atoms with Crippen LogP contribution < -0.4 is 0 Å². The molecule has 0 saturated carbocycles. The molecule has 0 spiro atoms. The summed E-state index contributed by atoms with van der Waals surface area (Å²) >= 11 is 24.6. The predicted molar refractivity (Wildman–Crippen MR) is 125 cm³/mol. The molecule has 0 atom stereocenters. The van der Waals surface area contributed by atoms with Gasteiger partial charge in [-0.1, -0.05) is 59.2 Å². The van der Waals surface area contributed by atoms with Gasteiger partial charge in [-0.25, -0.2) is 0 Å². The van der Waals surface area contributed by atoms with Gasteiger partial charge in [0.25, 0.3) is 5.24 Å². The maximum Gasteiger partial charge on any atom is 0.291 e. The van der Waals surface area contributed by atoms with Crippen LogP contribution in [0.1, 0.15) is 11.3 Å². The van der Waals surface area contributed by atoms with Gasteiger partial charge in [0.1, 0.15) is 16.5 Å². The van der Waals surface area contributed by atoms with Gasteiger partial charge in [0.15, 0.2) is 0 Å². The molecule has 2 aromatic carbocycles. The molecule has 29 heavy (non-hydrogen) atoms. The zero-order chi connectivity index (χ0) is 20.5. The van der Waals surface area contributed by atoms with Crippen molar-refractivity contribution < 1.29 is 9.21 Å². The van der Waals surface area contributed by atoms with Crippen LogP contribution in [-0.4, -0.2) is 15.1 Å². The second kappa shape index (κ2) is 8.54. The van der Waals surface area contributed by atoms with E-state index in [1.54, 1.807) is 41.3 Å². The molecular weight excluding hydrogens is 469 g/mol. The fraction of sp³-hybridized carbons (Fsp3) is 0.0476. The lowest BCUT2D eigenvalue weighted by molar-refractivity contribution is 0.244. The fourth-order valence-corrected chi connectivity index (χ4v) is 4.69. The Hall–Kier alpha value is -1.76. The fourth-order valence-electron chi connectivity index (χ4n) is 2.82. The van der Waals surface area contributed by atoms with Gasteiger partial charge in [-0.15, -0.1) is 0 Å². The van der Waals surface area contributed by atoms with Crippen LogP contribution in [0.5, 0.6) is 0 Å². The standard InChI is InChI=1S/C21H12Cl3NO2S2/c22-14-3-1-12(2-4-14)11-25-20(28)19(29-21(25)26)10-17-5-6-18(27-17)13-7-15(23)9-16(24)8-13/h1-10H,11H2/b19-10-. The van der Waals surface area contributed by atoms with E-state index < -0.39 is 0 Å². The first kappa shape index (κ1) is 20.5. The molecule has 0 N–H and O–H groups in total. The third-order valence-electron chi connectivity index (χ3n) is 4.17. The van der Waals surface area contributed by atoms with Crippen LogP contribution in [0.25, 0.3) is 17.4 Å². The highest BCUT2D eigenvalue weighted by molar-refractivity contribution is 8.19. The Balaban J connectivity index is 1.54. The van der Waals surface area contributed by atoms with Crippen LogP contribution in [0.4, 0.5) is 4.79 Å². The lowest BCUT2D eigenvalue weighted by Crippen LogP contribution is -2.26. The van der Waals surface area contributed by atoms with Crippen molar-refractivity contribution in [3.8, 4) is 11.3 Å². The first-order valence-electron chi connectivity index (χ1n) is 8.45. The van der Waals surface area contributed by atoms with E-state index in [2.05, 4.69) is 0 Å². The van der Waals surface area contributed by atoms with E-state index in [0.29, 0.717) is 43.0 Å². The van der Waals surface area contributed by atoms with Crippen molar-refractivity contribution in [1.82, 2.24) is 4.90 Å². The Morgan fingerprint density at radius 1 is 0.966 bits per heavy atom. The van der Waals surface area contributed by atoms with Gasteiger partial charge < -0.3 is 4.42 Å². The summed E-state index contributed by atoms with van der Waals surface area (Å²) in [6, 6.07) is 16.2. The number of benzene rings is 2. The van der Waals surface area contributed by atoms with Gasteiger partial charge >= 0.3 is 0 Å². The summed E-state index contributed by atoms with van der Waals surface area (Å²) in [7, 11) is 0. The van der Waals surface area contributed by atoms with Crippen molar-refractivity contribution in [2.24, 2.45) is 0 Å². The average Bonchev–Trinajstić information content (AvgIpc) is 3.23. The minimum Gasteiger partial charge on any atom is -0.457 e. The molecule has 3 nitrogen and oxygen atoms in total. The van der Waals surface area contributed by atoms with Gasteiger partial charge in [0.05, 0.1) is 11.4 Å². The molecule has 1 fully saturated rings. The van der Waals surface area contributed by atoms with Crippen molar-refractivity contribution in [1.29, 1.82) is 0 Å². The summed E-state index contributed by atoms with van der Waals surface area (Å²) in [6.45, 7) is 0.392. The number of rotatable bonds is 4. The van der Waals surface area contributed by atoms with Gasteiger partial charge in [0, 0.05) is 20.6 Å². The van der Waals surface area contributed by atoms with Gasteiger partial charge in [-0.05, 0) is 65.9 Å². The van der Waals surface area contributed by atoms with E-state index in [1.807, 2.05) is 24.3 Å². The molecule has 1 saturated heterocycles. The lowest BCUT2D eigenvalue weighted by Gasteiger charge is -2.14. The van der Waals surface area contributed by atoms with Crippen LogP contribution in [0.15, 0.2) is 63.9 Å². The third-order valence-corrected chi connectivity index (χ3v) is 6.36. The molecule has 1 aromatic heterocycles. The molecule has 0 bridgehead atoms. The van der Waals surface area contributed by atoms with Crippen LogP contribution >= 0.6 is 58.8 Å². The molecule has 146 valence electrons. The topological polar surface area (TPSA) is 33.5 Å². The van der Waals surface area contributed by atoms with Crippen molar-refractivity contribution in [3.63, 3.8) is 0 Å². The number of thiocarbonyl (C=S) groups is 1. The molecule has 0 unspecified atom stereocenters. The van der Waals surface area contributed by atoms with Gasteiger partial charge in [0.2, 0.25) is 0 Å². The normalized spacial score (nSPS) is 15.6.